The molecule has 0 aliphatic heterocycles. The van der Waals surface area contributed by atoms with Gasteiger partial charge >= 0.3 is 0 Å². The first-order valence-electron chi connectivity index (χ1n) is 8.52. The number of hydrogen-bond donors (Lipinski definition) is 4. The van der Waals surface area contributed by atoms with Crippen LogP contribution in [0.15, 0.2) is 60.0 Å². The fourth-order valence-corrected chi connectivity index (χ4v) is 3.14. The number of phenols is 2. The fourth-order valence-electron chi connectivity index (χ4n) is 2.71. The van der Waals surface area contributed by atoms with Crippen LogP contribution in [0.1, 0.15) is 5.82 Å². The summed E-state index contributed by atoms with van der Waals surface area (Å²) in [4.78, 5) is 20.9. The van der Waals surface area contributed by atoms with Crippen LogP contribution in [-0.4, -0.2) is 31.2 Å². The molecule has 6 N–H and O–H groups in total. The van der Waals surface area contributed by atoms with Crippen molar-refractivity contribution >= 4 is 39.1 Å². The summed E-state index contributed by atoms with van der Waals surface area (Å²) in [7, 11) is 0. The number of aromatic hydroxyl groups is 2. The molecule has 0 aliphatic carbocycles. The first-order chi connectivity index (χ1) is 14.4. The number of carbonyl (C=O) groups excluding carboxylic acids is 1. The minimum atomic E-state index is -0.851. The lowest BCUT2D eigenvalue weighted by Crippen LogP contribution is -2.29. The van der Waals surface area contributed by atoms with Crippen LogP contribution < -0.4 is 20.9 Å². The quantitative estimate of drug-likeness (QED) is 0.162. The summed E-state index contributed by atoms with van der Waals surface area (Å²) >= 11 is 0.910. The van der Waals surface area contributed by atoms with E-state index in [1.54, 1.807) is 41.2 Å². The van der Waals surface area contributed by atoms with E-state index in [1.807, 2.05) is 6.07 Å². The zero-order chi connectivity index (χ0) is 21.3. The van der Waals surface area contributed by atoms with Crippen molar-refractivity contribution in [3.05, 3.63) is 60.7 Å². The van der Waals surface area contributed by atoms with Gasteiger partial charge in [0.15, 0.2) is 34.8 Å². The molecule has 30 heavy (non-hydrogen) atoms. The molecule has 0 saturated heterocycles. The molecule has 2 aromatic carbocycles. The predicted octanol–water partition coefficient (Wildman–Crippen LogP) is 1.23. The molecule has 2 heterocycles. The molecular weight excluding hydrogens is 408 g/mol. The van der Waals surface area contributed by atoms with Crippen molar-refractivity contribution < 1.29 is 24.4 Å². The van der Waals surface area contributed by atoms with E-state index < -0.39 is 5.91 Å². The van der Waals surface area contributed by atoms with Crippen LogP contribution in [0.3, 0.4) is 0 Å². The summed E-state index contributed by atoms with van der Waals surface area (Å²) in [5.41, 5.74) is 11.3. The van der Waals surface area contributed by atoms with E-state index in [-0.39, 0.29) is 28.2 Å². The molecule has 0 atom stereocenters. The van der Waals surface area contributed by atoms with Crippen LogP contribution in [0.25, 0.3) is 16.5 Å². The van der Waals surface area contributed by atoms with Gasteiger partial charge in [0.25, 0.3) is 5.91 Å². The summed E-state index contributed by atoms with van der Waals surface area (Å²) in [6.07, 6.45) is 3.58. The molecule has 0 fully saturated rings. The van der Waals surface area contributed by atoms with E-state index in [2.05, 4.69) is 14.5 Å². The Morgan fingerprint density at radius 2 is 1.90 bits per heavy atom. The summed E-state index contributed by atoms with van der Waals surface area (Å²) in [5, 5.41) is 24.8. The van der Waals surface area contributed by atoms with Gasteiger partial charge in [-0.25, -0.2) is 0 Å². The highest BCUT2D eigenvalue weighted by Crippen LogP contribution is 2.29. The molecule has 0 aliphatic rings. The normalized spacial score (nSPS) is 11.5. The number of primary amides is 1. The van der Waals surface area contributed by atoms with E-state index in [4.69, 9.17) is 16.3 Å². The Balaban J connectivity index is 1.65. The molecule has 0 radical (unpaired) electrons. The van der Waals surface area contributed by atoms with Crippen molar-refractivity contribution in [2.24, 2.45) is 10.9 Å². The number of hydrogen-bond acceptors (Lipinski definition) is 9. The number of amides is 1. The molecule has 4 rings (SSSR count). The molecule has 150 valence electrons. The second-order valence-electron chi connectivity index (χ2n) is 6.17. The minimum Gasteiger partial charge on any atom is -0.504 e. The molecular formula is C19H15N6O4S+. The van der Waals surface area contributed by atoms with Crippen LogP contribution >= 0.6 is 11.5 Å². The van der Waals surface area contributed by atoms with E-state index >= 15 is 0 Å². The van der Waals surface area contributed by atoms with Crippen molar-refractivity contribution in [1.82, 2.24) is 9.36 Å². The Morgan fingerprint density at radius 3 is 2.60 bits per heavy atom. The number of phenolic OH excluding ortho intramolecular Hbond substituents is 2. The lowest BCUT2D eigenvalue weighted by molar-refractivity contribution is -0.594. The third-order valence-electron chi connectivity index (χ3n) is 4.12. The van der Waals surface area contributed by atoms with Crippen LogP contribution in [-0.2, 0) is 4.79 Å². The van der Waals surface area contributed by atoms with Crippen LogP contribution in [0.5, 0.6) is 17.2 Å². The number of nitrogen functional groups attached to an aromatic ring is 1. The van der Waals surface area contributed by atoms with Gasteiger partial charge in [-0.15, -0.1) is 0 Å². The Hall–Kier alpha value is -4.25. The monoisotopic (exact) mass is 423 g/mol. The number of anilines is 1. The molecule has 0 unspecified atom stereocenters. The van der Waals surface area contributed by atoms with Gasteiger partial charge in [-0.1, -0.05) is 11.2 Å². The van der Waals surface area contributed by atoms with Gasteiger partial charge in [0.2, 0.25) is 17.2 Å². The van der Waals surface area contributed by atoms with Crippen molar-refractivity contribution in [2.45, 2.75) is 0 Å². The molecule has 1 amide bonds. The topological polar surface area (TPSA) is 161 Å². The van der Waals surface area contributed by atoms with E-state index in [0.29, 0.717) is 5.75 Å². The highest BCUT2D eigenvalue weighted by molar-refractivity contribution is 7.09. The predicted molar refractivity (Wildman–Crippen MR) is 109 cm³/mol. The Morgan fingerprint density at radius 1 is 1.13 bits per heavy atom. The fraction of sp³-hybridized carbons (Fsp3) is 0. The van der Waals surface area contributed by atoms with Gasteiger partial charge in [0.05, 0.1) is 11.5 Å². The van der Waals surface area contributed by atoms with Crippen LogP contribution in [0, 0.1) is 0 Å². The molecule has 2 aromatic heterocycles. The van der Waals surface area contributed by atoms with Gasteiger partial charge in [-0.05, 0) is 23.6 Å². The largest absolute Gasteiger partial charge is 0.504 e. The smallest absolute Gasteiger partial charge is 0.274 e. The number of pyridine rings is 1. The zero-order valence-corrected chi connectivity index (χ0v) is 16.1. The lowest BCUT2D eigenvalue weighted by atomic mass is 10.1. The maximum atomic E-state index is 11.6. The van der Waals surface area contributed by atoms with Crippen LogP contribution in [0.2, 0.25) is 0 Å². The number of fused-ring (bicyclic) bond motifs is 1. The van der Waals surface area contributed by atoms with Gasteiger partial charge in [0.1, 0.15) is 0 Å². The zero-order valence-electron chi connectivity index (χ0n) is 15.3. The van der Waals surface area contributed by atoms with Crippen molar-refractivity contribution in [3.63, 3.8) is 0 Å². The van der Waals surface area contributed by atoms with Gasteiger partial charge in [-0.2, -0.15) is 13.9 Å². The summed E-state index contributed by atoms with van der Waals surface area (Å²) in [5.74, 6) is -0.906. The number of oxime groups is 1. The molecule has 4 aromatic rings. The van der Waals surface area contributed by atoms with E-state index in [0.717, 1.165) is 28.0 Å². The number of nitrogens with two attached hydrogens (primary N) is 2. The van der Waals surface area contributed by atoms with E-state index in [9.17, 15) is 15.0 Å². The van der Waals surface area contributed by atoms with Gasteiger partial charge in [0, 0.05) is 23.7 Å². The molecule has 0 bridgehead atoms. The highest BCUT2D eigenvalue weighted by atomic mass is 32.1. The number of carbonyl (C=O) groups is 1. The number of benzene rings is 2. The lowest BCUT2D eigenvalue weighted by Gasteiger charge is -2.03. The highest BCUT2D eigenvalue weighted by Gasteiger charge is 2.18. The van der Waals surface area contributed by atoms with Gasteiger partial charge in [-0.3, -0.25) is 4.79 Å². The number of rotatable bonds is 5. The standard InChI is InChI=1S/C19H14N6O4S/c20-17(28)16(18-22-19(21)30-24-18)23-29-13-3-1-2-12(8-13)25-5-4-10-6-14(26)15(27)7-11(10)9-25/h1-9H,(H5,20,21,22,24,27,28)/p+1/b23-16+. The number of nitrogens with zero attached hydrogens (tertiary/aromatic N) is 4. The first kappa shape index (κ1) is 19.1. The van der Waals surface area contributed by atoms with Crippen molar-refractivity contribution in [3.8, 4) is 22.9 Å². The SMILES string of the molecule is NC(=O)/C(=N\Oc1cccc(-[n+]2ccc3cc(O)c(O)cc3c2)c1)c1nsc(N)n1. The minimum absolute atomic E-state index is 0.00637. The Bertz CT molecular complexity index is 1300. The molecule has 10 nitrogen and oxygen atoms in total. The van der Waals surface area contributed by atoms with Crippen LogP contribution in [0.4, 0.5) is 5.13 Å². The third-order valence-corrected chi connectivity index (χ3v) is 4.66. The van der Waals surface area contributed by atoms with E-state index in [1.165, 1.54) is 12.1 Å². The molecule has 0 saturated carbocycles. The Labute approximate surface area is 173 Å². The third kappa shape index (κ3) is 3.82. The second kappa shape index (κ2) is 7.64. The summed E-state index contributed by atoms with van der Waals surface area (Å²) in [6, 6.07) is 11.7. The molecule has 0 spiro atoms. The van der Waals surface area contributed by atoms with Gasteiger partial charge < -0.3 is 26.5 Å². The summed E-state index contributed by atoms with van der Waals surface area (Å²) in [6.45, 7) is 0. The first-order valence-corrected chi connectivity index (χ1v) is 9.30. The maximum Gasteiger partial charge on any atom is 0.274 e. The average molecular weight is 423 g/mol. The van der Waals surface area contributed by atoms with Crippen molar-refractivity contribution in [1.29, 1.82) is 0 Å². The molecule has 11 heteroatoms. The average Bonchev–Trinajstić information content (AvgIpc) is 3.14. The maximum absolute atomic E-state index is 11.6. The second-order valence-corrected chi connectivity index (χ2v) is 6.95. The van der Waals surface area contributed by atoms with Crippen molar-refractivity contribution in [2.75, 3.05) is 5.73 Å². The Kier molecular flexibility index (Phi) is 4.86. The summed E-state index contributed by atoms with van der Waals surface area (Å²) < 4.78 is 5.71. The number of aromatic nitrogens is 3.